The summed E-state index contributed by atoms with van der Waals surface area (Å²) in [6.45, 7) is 0. The van der Waals surface area contributed by atoms with E-state index < -0.39 is 0 Å². The third-order valence-electron chi connectivity index (χ3n) is 2.76. The van der Waals surface area contributed by atoms with Gasteiger partial charge in [-0.25, -0.2) is 0 Å². The lowest BCUT2D eigenvalue weighted by atomic mass is 10.1. The maximum absolute atomic E-state index is 8.70. The molecule has 0 unspecified atom stereocenters. The molecule has 0 aliphatic carbocycles. The van der Waals surface area contributed by atoms with E-state index in [0.717, 1.165) is 27.5 Å². The Labute approximate surface area is 98.4 Å². The van der Waals surface area contributed by atoms with Gasteiger partial charge in [0.2, 0.25) is 0 Å². The molecule has 0 spiro atoms. The van der Waals surface area contributed by atoms with Crippen molar-refractivity contribution in [2.24, 2.45) is 0 Å². The van der Waals surface area contributed by atoms with Crippen molar-refractivity contribution in [3.8, 4) is 6.07 Å². The van der Waals surface area contributed by atoms with Crippen molar-refractivity contribution in [2.45, 2.75) is 6.42 Å². The first-order valence-corrected chi connectivity index (χ1v) is 5.39. The molecule has 1 aromatic carbocycles. The average Bonchev–Trinajstić information content (AvgIpc) is 2.39. The highest BCUT2D eigenvalue weighted by Gasteiger charge is 2.03. The Bertz CT molecular complexity index is 741. The molecule has 2 aromatic heterocycles. The van der Waals surface area contributed by atoms with Gasteiger partial charge in [-0.2, -0.15) is 5.26 Å². The summed E-state index contributed by atoms with van der Waals surface area (Å²) in [7, 11) is 0. The molecule has 0 aliphatic heterocycles. The highest BCUT2D eigenvalue weighted by molar-refractivity contribution is 6.03. The Morgan fingerprint density at radius 2 is 2.00 bits per heavy atom. The second kappa shape index (κ2) is 3.84. The second-order valence-corrected chi connectivity index (χ2v) is 3.84. The number of nitrogens with zero attached hydrogens (tertiary/aromatic N) is 3. The van der Waals surface area contributed by atoms with Crippen molar-refractivity contribution in [3.63, 3.8) is 0 Å². The summed E-state index contributed by atoms with van der Waals surface area (Å²) >= 11 is 0. The van der Waals surface area contributed by atoms with E-state index in [2.05, 4.69) is 16.0 Å². The normalized spacial score (nSPS) is 10.5. The van der Waals surface area contributed by atoms with Crippen LogP contribution in [0.5, 0.6) is 0 Å². The summed E-state index contributed by atoms with van der Waals surface area (Å²) in [5.41, 5.74) is 2.65. The van der Waals surface area contributed by atoms with E-state index in [0.29, 0.717) is 6.42 Å². The Morgan fingerprint density at radius 1 is 1.12 bits per heavy atom. The number of pyridine rings is 2. The van der Waals surface area contributed by atoms with Gasteiger partial charge in [0.1, 0.15) is 0 Å². The van der Waals surface area contributed by atoms with Crippen molar-refractivity contribution < 1.29 is 0 Å². The van der Waals surface area contributed by atoms with Crippen LogP contribution in [0.15, 0.2) is 42.6 Å². The Hall–Kier alpha value is -2.47. The molecule has 0 bridgehead atoms. The van der Waals surface area contributed by atoms with Gasteiger partial charge < -0.3 is 0 Å². The van der Waals surface area contributed by atoms with Crippen molar-refractivity contribution in [1.82, 2.24) is 9.97 Å². The number of aromatic nitrogens is 2. The van der Waals surface area contributed by atoms with Gasteiger partial charge in [0, 0.05) is 17.0 Å². The van der Waals surface area contributed by atoms with E-state index >= 15 is 0 Å². The lowest BCUT2D eigenvalue weighted by molar-refractivity contribution is 1.15. The molecular formula is C14H9N3. The Balaban J connectivity index is 2.39. The minimum atomic E-state index is 0.340. The summed E-state index contributed by atoms with van der Waals surface area (Å²) in [6, 6.07) is 13.9. The first-order chi connectivity index (χ1) is 8.38. The molecule has 3 heteroatoms. The van der Waals surface area contributed by atoms with Gasteiger partial charge in [0.25, 0.3) is 0 Å². The molecule has 0 fully saturated rings. The maximum Gasteiger partial charge on any atom is 0.0799 e. The molecule has 3 aromatic rings. The van der Waals surface area contributed by atoms with E-state index in [-0.39, 0.29) is 0 Å². The summed E-state index contributed by atoms with van der Waals surface area (Å²) in [6.07, 6.45) is 2.11. The molecule has 2 heterocycles. The number of rotatable bonds is 1. The van der Waals surface area contributed by atoms with Gasteiger partial charge in [-0.1, -0.05) is 12.1 Å². The quantitative estimate of drug-likeness (QED) is 0.591. The minimum Gasteiger partial charge on any atom is -0.256 e. The molecule has 0 N–H and O–H groups in total. The SMILES string of the molecule is N#CCc1ccc2ccc3ncccc3c2n1. The van der Waals surface area contributed by atoms with Gasteiger partial charge in [-0.15, -0.1) is 0 Å². The summed E-state index contributed by atoms with van der Waals surface area (Å²) < 4.78 is 0. The number of fused-ring (bicyclic) bond motifs is 3. The van der Waals surface area contributed by atoms with Crippen LogP contribution in [0, 0.1) is 11.3 Å². The van der Waals surface area contributed by atoms with Crippen LogP contribution in [0.3, 0.4) is 0 Å². The summed E-state index contributed by atoms with van der Waals surface area (Å²) in [5.74, 6) is 0. The summed E-state index contributed by atoms with van der Waals surface area (Å²) in [5, 5.41) is 10.8. The zero-order valence-corrected chi connectivity index (χ0v) is 9.09. The molecule has 3 rings (SSSR count). The lowest BCUT2D eigenvalue weighted by Crippen LogP contribution is -1.90. The maximum atomic E-state index is 8.70. The van der Waals surface area contributed by atoms with Gasteiger partial charge in [-0.05, 0) is 24.3 Å². The number of hydrogen-bond acceptors (Lipinski definition) is 3. The predicted octanol–water partition coefficient (Wildman–Crippen LogP) is 2.85. The van der Waals surface area contributed by atoms with Crippen molar-refractivity contribution in [3.05, 3.63) is 48.3 Å². The van der Waals surface area contributed by atoms with Crippen LogP contribution in [-0.4, -0.2) is 9.97 Å². The molecule has 0 atom stereocenters. The number of hydrogen-bond donors (Lipinski definition) is 0. The zero-order valence-electron chi connectivity index (χ0n) is 9.09. The van der Waals surface area contributed by atoms with E-state index in [1.807, 2.05) is 36.4 Å². The highest BCUT2D eigenvalue weighted by atomic mass is 14.7. The Kier molecular flexibility index (Phi) is 2.20. The van der Waals surface area contributed by atoms with Crippen molar-refractivity contribution in [2.75, 3.05) is 0 Å². The molecule has 0 radical (unpaired) electrons. The standard InChI is InChI=1S/C14H9N3/c15-8-7-11-5-3-10-4-6-13-12(14(10)17-11)2-1-9-16-13/h1-6,9H,7H2. The second-order valence-electron chi connectivity index (χ2n) is 3.84. The first-order valence-electron chi connectivity index (χ1n) is 5.39. The molecule has 0 saturated heterocycles. The molecular weight excluding hydrogens is 210 g/mol. The Morgan fingerprint density at radius 3 is 2.88 bits per heavy atom. The van der Waals surface area contributed by atoms with Crippen LogP contribution >= 0.6 is 0 Å². The van der Waals surface area contributed by atoms with Crippen LogP contribution < -0.4 is 0 Å². The fourth-order valence-corrected chi connectivity index (χ4v) is 1.96. The lowest BCUT2D eigenvalue weighted by Gasteiger charge is -2.03. The van der Waals surface area contributed by atoms with Gasteiger partial charge >= 0.3 is 0 Å². The predicted molar refractivity (Wildman–Crippen MR) is 66.4 cm³/mol. The van der Waals surface area contributed by atoms with E-state index in [1.165, 1.54) is 0 Å². The largest absolute Gasteiger partial charge is 0.256 e. The minimum absolute atomic E-state index is 0.340. The van der Waals surface area contributed by atoms with Crippen LogP contribution in [0.1, 0.15) is 5.69 Å². The van der Waals surface area contributed by atoms with E-state index in [1.54, 1.807) is 6.20 Å². The smallest absolute Gasteiger partial charge is 0.0799 e. The fraction of sp³-hybridized carbons (Fsp3) is 0.0714. The van der Waals surface area contributed by atoms with Crippen molar-refractivity contribution in [1.29, 1.82) is 5.26 Å². The average molecular weight is 219 g/mol. The molecule has 0 saturated carbocycles. The van der Waals surface area contributed by atoms with Crippen molar-refractivity contribution >= 4 is 21.8 Å². The fourth-order valence-electron chi connectivity index (χ4n) is 1.96. The molecule has 80 valence electrons. The van der Waals surface area contributed by atoms with Gasteiger partial charge in [-0.3, -0.25) is 9.97 Å². The third-order valence-corrected chi connectivity index (χ3v) is 2.76. The van der Waals surface area contributed by atoms with E-state index in [4.69, 9.17) is 5.26 Å². The molecule has 0 aliphatic rings. The van der Waals surface area contributed by atoms with Crippen LogP contribution in [-0.2, 0) is 6.42 Å². The van der Waals surface area contributed by atoms with Gasteiger partial charge in [0.15, 0.2) is 0 Å². The van der Waals surface area contributed by atoms with Crippen LogP contribution in [0.4, 0.5) is 0 Å². The molecule has 17 heavy (non-hydrogen) atoms. The topological polar surface area (TPSA) is 49.6 Å². The zero-order chi connectivity index (χ0) is 11.7. The summed E-state index contributed by atoms with van der Waals surface area (Å²) in [4.78, 5) is 8.83. The molecule has 3 nitrogen and oxygen atoms in total. The van der Waals surface area contributed by atoms with E-state index in [9.17, 15) is 0 Å². The monoisotopic (exact) mass is 219 g/mol. The first kappa shape index (κ1) is 9.73. The van der Waals surface area contributed by atoms with Gasteiger partial charge in [0.05, 0.1) is 29.2 Å². The highest BCUT2D eigenvalue weighted by Crippen LogP contribution is 2.22. The van der Waals surface area contributed by atoms with Crippen LogP contribution in [0.25, 0.3) is 21.8 Å². The third kappa shape index (κ3) is 1.60. The molecule has 0 amide bonds. The van der Waals surface area contributed by atoms with Crippen LogP contribution in [0.2, 0.25) is 0 Å². The number of benzene rings is 1. The number of nitriles is 1.